The standard InChI is InChI=1S/C14H28N2O/c1-5-11(4)13(15)14(17)16-12-7-9(2)6-10(3)8-12/h9-13H,5-8,15H2,1-4H3,(H,16,17)/t9?,10?,11-,12?,13-/m0/s1. The minimum absolute atomic E-state index is 0.0330. The molecule has 1 rings (SSSR count). The van der Waals surface area contributed by atoms with Crippen molar-refractivity contribution < 1.29 is 4.79 Å². The third-order valence-corrected chi connectivity index (χ3v) is 4.08. The summed E-state index contributed by atoms with van der Waals surface area (Å²) in [6.07, 6.45) is 4.43. The van der Waals surface area contributed by atoms with Gasteiger partial charge in [0.1, 0.15) is 0 Å². The van der Waals surface area contributed by atoms with Gasteiger partial charge >= 0.3 is 0 Å². The van der Waals surface area contributed by atoms with E-state index in [9.17, 15) is 4.79 Å². The fourth-order valence-corrected chi connectivity index (χ4v) is 2.87. The van der Waals surface area contributed by atoms with Crippen molar-refractivity contribution in [3.8, 4) is 0 Å². The predicted molar refractivity (Wildman–Crippen MR) is 71.5 cm³/mol. The molecular formula is C14H28N2O. The molecule has 0 aromatic rings. The summed E-state index contributed by atoms with van der Waals surface area (Å²) in [4.78, 5) is 12.0. The van der Waals surface area contributed by atoms with Crippen LogP contribution in [0.5, 0.6) is 0 Å². The number of hydrogen-bond acceptors (Lipinski definition) is 2. The van der Waals surface area contributed by atoms with Gasteiger partial charge in [0.2, 0.25) is 5.91 Å². The van der Waals surface area contributed by atoms with E-state index in [1.165, 1.54) is 6.42 Å². The number of carbonyl (C=O) groups is 1. The van der Waals surface area contributed by atoms with Gasteiger partial charge < -0.3 is 11.1 Å². The van der Waals surface area contributed by atoms with Crippen LogP contribution in [-0.2, 0) is 4.79 Å². The van der Waals surface area contributed by atoms with Crippen LogP contribution in [0.25, 0.3) is 0 Å². The van der Waals surface area contributed by atoms with Gasteiger partial charge in [-0.25, -0.2) is 0 Å². The molecule has 3 heteroatoms. The maximum Gasteiger partial charge on any atom is 0.237 e. The van der Waals surface area contributed by atoms with E-state index in [2.05, 4.69) is 26.1 Å². The molecule has 0 aromatic heterocycles. The molecule has 0 heterocycles. The molecule has 2 unspecified atom stereocenters. The van der Waals surface area contributed by atoms with E-state index < -0.39 is 0 Å². The second kappa shape index (κ2) is 6.39. The molecule has 0 radical (unpaired) electrons. The average Bonchev–Trinajstić information content (AvgIpc) is 2.25. The highest BCUT2D eigenvalue weighted by Crippen LogP contribution is 2.28. The smallest absolute Gasteiger partial charge is 0.237 e. The molecule has 0 aromatic carbocycles. The molecule has 100 valence electrons. The summed E-state index contributed by atoms with van der Waals surface area (Å²) in [6, 6.07) is -0.0242. The lowest BCUT2D eigenvalue weighted by atomic mass is 9.80. The van der Waals surface area contributed by atoms with Crippen molar-refractivity contribution in [3.05, 3.63) is 0 Å². The summed E-state index contributed by atoms with van der Waals surface area (Å²) in [7, 11) is 0. The Kier molecular flexibility index (Phi) is 5.44. The fourth-order valence-electron chi connectivity index (χ4n) is 2.87. The Balaban J connectivity index is 2.45. The zero-order valence-electron chi connectivity index (χ0n) is 11.7. The SMILES string of the molecule is CC[C@H](C)[C@H](N)C(=O)NC1CC(C)CC(C)C1. The molecule has 0 saturated heterocycles. The largest absolute Gasteiger partial charge is 0.352 e. The van der Waals surface area contributed by atoms with Gasteiger partial charge in [0, 0.05) is 6.04 Å². The Morgan fingerprint density at radius 3 is 2.29 bits per heavy atom. The molecule has 1 saturated carbocycles. The topological polar surface area (TPSA) is 55.1 Å². The van der Waals surface area contributed by atoms with Crippen LogP contribution in [0.4, 0.5) is 0 Å². The van der Waals surface area contributed by atoms with Crippen LogP contribution in [0.1, 0.15) is 53.4 Å². The summed E-state index contributed by atoms with van der Waals surface area (Å²) in [6.45, 7) is 8.64. The minimum Gasteiger partial charge on any atom is -0.352 e. The van der Waals surface area contributed by atoms with E-state index >= 15 is 0 Å². The lowest BCUT2D eigenvalue weighted by molar-refractivity contribution is -0.124. The molecule has 3 nitrogen and oxygen atoms in total. The van der Waals surface area contributed by atoms with Gasteiger partial charge in [-0.2, -0.15) is 0 Å². The van der Waals surface area contributed by atoms with Crippen LogP contribution in [-0.4, -0.2) is 18.0 Å². The normalized spacial score (nSPS) is 32.9. The quantitative estimate of drug-likeness (QED) is 0.792. The summed E-state index contributed by atoms with van der Waals surface area (Å²) < 4.78 is 0. The maximum absolute atomic E-state index is 12.0. The first-order valence-corrected chi connectivity index (χ1v) is 7.00. The number of nitrogens with one attached hydrogen (secondary N) is 1. The second-order valence-electron chi connectivity index (χ2n) is 6.03. The molecule has 0 bridgehead atoms. The van der Waals surface area contributed by atoms with Crippen molar-refractivity contribution in [1.82, 2.24) is 5.32 Å². The monoisotopic (exact) mass is 240 g/mol. The zero-order chi connectivity index (χ0) is 13.0. The molecule has 1 fully saturated rings. The van der Waals surface area contributed by atoms with Crippen LogP contribution in [0, 0.1) is 17.8 Å². The number of carbonyl (C=O) groups excluding carboxylic acids is 1. The molecule has 3 N–H and O–H groups in total. The second-order valence-corrected chi connectivity index (χ2v) is 6.03. The Morgan fingerprint density at radius 2 is 1.82 bits per heavy atom. The number of nitrogens with two attached hydrogens (primary N) is 1. The van der Waals surface area contributed by atoms with E-state index in [0.717, 1.165) is 19.3 Å². The molecule has 0 spiro atoms. The van der Waals surface area contributed by atoms with Crippen LogP contribution in [0.15, 0.2) is 0 Å². The lowest BCUT2D eigenvalue weighted by Crippen LogP contribution is -2.49. The molecule has 17 heavy (non-hydrogen) atoms. The van der Waals surface area contributed by atoms with Crippen molar-refractivity contribution >= 4 is 5.91 Å². The summed E-state index contributed by atoms with van der Waals surface area (Å²) in [5, 5.41) is 3.13. The summed E-state index contributed by atoms with van der Waals surface area (Å²) in [5.41, 5.74) is 5.95. The lowest BCUT2D eigenvalue weighted by Gasteiger charge is -2.33. The van der Waals surface area contributed by atoms with Crippen molar-refractivity contribution in [1.29, 1.82) is 0 Å². The van der Waals surface area contributed by atoms with Crippen molar-refractivity contribution in [2.45, 2.75) is 65.5 Å². The minimum atomic E-state index is -0.354. The van der Waals surface area contributed by atoms with Gasteiger partial charge in [0.05, 0.1) is 6.04 Å². The Hall–Kier alpha value is -0.570. The summed E-state index contributed by atoms with van der Waals surface area (Å²) >= 11 is 0. The molecule has 0 aliphatic heterocycles. The molecule has 1 aliphatic carbocycles. The Bertz CT molecular complexity index is 245. The van der Waals surface area contributed by atoms with Crippen LogP contribution in [0.2, 0.25) is 0 Å². The third kappa shape index (κ3) is 4.30. The van der Waals surface area contributed by atoms with Gasteiger partial charge in [-0.3, -0.25) is 4.79 Å². The first kappa shape index (κ1) is 14.5. The van der Waals surface area contributed by atoms with Crippen molar-refractivity contribution in [3.63, 3.8) is 0 Å². The first-order chi connectivity index (χ1) is 7.93. The molecular weight excluding hydrogens is 212 g/mol. The van der Waals surface area contributed by atoms with E-state index in [0.29, 0.717) is 17.9 Å². The number of rotatable bonds is 4. The van der Waals surface area contributed by atoms with E-state index in [4.69, 9.17) is 5.73 Å². The van der Waals surface area contributed by atoms with Crippen LogP contribution in [0.3, 0.4) is 0 Å². The summed E-state index contributed by atoms with van der Waals surface area (Å²) in [5.74, 6) is 1.71. The predicted octanol–water partition coefficient (Wildman–Crippen LogP) is 2.30. The van der Waals surface area contributed by atoms with Crippen LogP contribution < -0.4 is 11.1 Å². The fraction of sp³-hybridized carbons (Fsp3) is 0.929. The molecule has 4 atom stereocenters. The highest BCUT2D eigenvalue weighted by molar-refractivity contribution is 5.82. The number of amides is 1. The number of hydrogen-bond donors (Lipinski definition) is 2. The van der Waals surface area contributed by atoms with Gasteiger partial charge in [-0.1, -0.05) is 34.1 Å². The Morgan fingerprint density at radius 1 is 1.29 bits per heavy atom. The van der Waals surface area contributed by atoms with Gasteiger partial charge in [-0.05, 0) is 37.0 Å². The maximum atomic E-state index is 12.0. The highest BCUT2D eigenvalue weighted by Gasteiger charge is 2.27. The van der Waals surface area contributed by atoms with Gasteiger partial charge in [0.15, 0.2) is 0 Å². The first-order valence-electron chi connectivity index (χ1n) is 7.00. The average molecular weight is 240 g/mol. The third-order valence-electron chi connectivity index (χ3n) is 4.08. The van der Waals surface area contributed by atoms with Gasteiger partial charge in [0.25, 0.3) is 0 Å². The highest BCUT2D eigenvalue weighted by atomic mass is 16.2. The zero-order valence-corrected chi connectivity index (χ0v) is 11.7. The molecule has 1 aliphatic rings. The van der Waals surface area contributed by atoms with Gasteiger partial charge in [-0.15, -0.1) is 0 Å². The molecule has 1 amide bonds. The van der Waals surface area contributed by atoms with Crippen molar-refractivity contribution in [2.75, 3.05) is 0 Å². The van der Waals surface area contributed by atoms with Crippen molar-refractivity contribution in [2.24, 2.45) is 23.5 Å². The Labute approximate surface area is 106 Å². The van der Waals surface area contributed by atoms with Crippen LogP contribution >= 0.6 is 0 Å². The van der Waals surface area contributed by atoms with E-state index in [-0.39, 0.29) is 17.9 Å². The van der Waals surface area contributed by atoms with E-state index in [1.807, 2.05) is 6.92 Å². The van der Waals surface area contributed by atoms with E-state index in [1.54, 1.807) is 0 Å².